The van der Waals surface area contributed by atoms with Crippen molar-refractivity contribution in [3.63, 3.8) is 0 Å². The lowest BCUT2D eigenvalue weighted by Crippen LogP contribution is -2.30. The fourth-order valence-corrected chi connectivity index (χ4v) is 3.13. The van der Waals surface area contributed by atoms with Gasteiger partial charge in [0.15, 0.2) is 0 Å². The topological polar surface area (TPSA) is 12.0 Å². The Hall–Kier alpha value is -0.240. The second-order valence-electron chi connectivity index (χ2n) is 4.77. The number of hydrogen-bond acceptors (Lipinski definition) is 1. The Balaban J connectivity index is 2.10. The van der Waals surface area contributed by atoms with E-state index in [1.807, 2.05) is 18.2 Å². The highest BCUT2D eigenvalue weighted by Crippen LogP contribution is 2.30. The van der Waals surface area contributed by atoms with Crippen LogP contribution in [-0.2, 0) is 0 Å². The number of rotatable bonds is 4. The molecule has 2 rings (SSSR count). The van der Waals surface area contributed by atoms with E-state index in [9.17, 15) is 0 Å². The summed E-state index contributed by atoms with van der Waals surface area (Å²) in [4.78, 5) is 0. The molecule has 0 aromatic heterocycles. The first kappa shape index (κ1) is 13.2. The van der Waals surface area contributed by atoms with E-state index in [2.05, 4.69) is 12.2 Å². The zero-order valence-electron chi connectivity index (χ0n) is 10.2. The smallest absolute Gasteiger partial charge is 0.0468 e. The normalized spacial score (nSPS) is 18.5. The Morgan fingerprint density at radius 3 is 2.59 bits per heavy atom. The second-order valence-corrected chi connectivity index (χ2v) is 5.62. The molecule has 0 aliphatic heterocycles. The lowest BCUT2D eigenvalue weighted by Gasteiger charge is -2.23. The maximum absolute atomic E-state index is 6.26. The van der Waals surface area contributed by atoms with E-state index in [1.165, 1.54) is 31.2 Å². The molecule has 0 heterocycles. The summed E-state index contributed by atoms with van der Waals surface area (Å²) < 4.78 is 0. The first-order valence-corrected chi connectivity index (χ1v) is 7.17. The predicted molar refractivity (Wildman–Crippen MR) is 74.9 cm³/mol. The number of halogens is 2. The highest BCUT2D eigenvalue weighted by molar-refractivity contribution is 6.35. The Morgan fingerprint density at radius 1 is 1.29 bits per heavy atom. The molecule has 17 heavy (non-hydrogen) atoms. The molecule has 3 heteroatoms. The average molecular weight is 272 g/mol. The molecule has 1 saturated carbocycles. The zero-order valence-corrected chi connectivity index (χ0v) is 11.7. The van der Waals surface area contributed by atoms with E-state index in [0.29, 0.717) is 17.1 Å². The van der Waals surface area contributed by atoms with Crippen LogP contribution in [0.2, 0.25) is 10.0 Å². The van der Waals surface area contributed by atoms with Gasteiger partial charge < -0.3 is 5.32 Å². The minimum atomic E-state index is 0.350. The van der Waals surface area contributed by atoms with Gasteiger partial charge in [-0.3, -0.25) is 0 Å². The van der Waals surface area contributed by atoms with Crippen LogP contribution >= 0.6 is 23.2 Å². The quantitative estimate of drug-likeness (QED) is 0.815. The molecule has 0 spiro atoms. The summed E-state index contributed by atoms with van der Waals surface area (Å²) >= 11 is 12.2. The van der Waals surface area contributed by atoms with Crippen molar-refractivity contribution >= 4 is 23.2 Å². The van der Waals surface area contributed by atoms with Crippen LogP contribution in [0.1, 0.15) is 50.6 Å². The summed E-state index contributed by atoms with van der Waals surface area (Å²) in [5.41, 5.74) is 1.17. The molecule has 1 aliphatic rings. The first-order chi connectivity index (χ1) is 8.20. The van der Waals surface area contributed by atoms with Crippen molar-refractivity contribution in [2.45, 2.75) is 51.1 Å². The van der Waals surface area contributed by atoms with Crippen LogP contribution < -0.4 is 5.32 Å². The molecule has 94 valence electrons. The van der Waals surface area contributed by atoms with Crippen molar-refractivity contribution in [2.75, 3.05) is 0 Å². The molecule has 1 fully saturated rings. The number of hydrogen-bond donors (Lipinski definition) is 1. The maximum atomic E-state index is 6.26. The number of benzene rings is 1. The van der Waals surface area contributed by atoms with Gasteiger partial charge >= 0.3 is 0 Å². The first-order valence-electron chi connectivity index (χ1n) is 6.41. The van der Waals surface area contributed by atoms with Crippen LogP contribution in [0.5, 0.6) is 0 Å². The molecule has 1 unspecified atom stereocenters. The molecular weight excluding hydrogens is 253 g/mol. The van der Waals surface area contributed by atoms with E-state index >= 15 is 0 Å². The zero-order chi connectivity index (χ0) is 12.3. The predicted octanol–water partition coefficient (Wildman–Crippen LogP) is 4.98. The van der Waals surface area contributed by atoms with Crippen LogP contribution in [0, 0.1) is 0 Å². The SMILES string of the molecule is CCC(NC1CCCC1)c1ccc(Cl)cc1Cl. The molecule has 1 aromatic rings. The van der Waals surface area contributed by atoms with Crippen LogP contribution in [0.25, 0.3) is 0 Å². The molecule has 1 atom stereocenters. The van der Waals surface area contributed by atoms with Gasteiger partial charge in [-0.05, 0) is 37.0 Å². The maximum Gasteiger partial charge on any atom is 0.0468 e. The molecule has 1 aromatic carbocycles. The summed E-state index contributed by atoms with van der Waals surface area (Å²) in [5.74, 6) is 0. The minimum Gasteiger partial charge on any atom is -0.307 e. The van der Waals surface area contributed by atoms with Crippen molar-refractivity contribution in [3.8, 4) is 0 Å². The van der Waals surface area contributed by atoms with Gasteiger partial charge in [0.1, 0.15) is 0 Å². The summed E-state index contributed by atoms with van der Waals surface area (Å²) in [6, 6.07) is 6.80. The molecule has 0 amide bonds. The summed E-state index contributed by atoms with van der Waals surface area (Å²) in [7, 11) is 0. The molecular formula is C14H19Cl2N. The van der Waals surface area contributed by atoms with Crippen molar-refractivity contribution in [1.29, 1.82) is 0 Å². The fourth-order valence-electron chi connectivity index (χ4n) is 2.59. The van der Waals surface area contributed by atoms with Gasteiger partial charge in [0, 0.05) is 22.1 Å². The van der Waals surface area contributed by atoms with E-state index in [1.54, 1.807) is 0 Å². The van der Waals surface area contributed by atoms with E-state index < -0.39 is 0 Å². The number of nitrogens with one attached hydrogen (secondary N) is 1. The Labute approximate surface area is 114 Å². The fraction of sp³-hybridized carbons (Fsp3) is 0.571. The van der Waals surface area contributed by atoms with Crippen molar-refractivity contribution in [1.82, 2.24) is 5.32 Å². The highest BCUT2D eigenvalue weighted by Gasteiger charge is 2.20. The summed E-state index contributed by atoms with van der Waals surface area (Å²) in [6.07, 6.45) is 6.34. The third-order valence-electron chi connectivity index (χ3n) is 3.54. The van der Waals surface area contributed by atoms with Crippen LogP contribution in [0.3, 0.4) is 0 Å². The molecule has 0 radical (unpaired) electrons. The van der Waals surface area contributed by atoms with Gasteiger partial charge in [-0.25, -0.2) is 0 Å². The lowest BCUT2D eigenvalue weighted by molar-refractivity contribution is 0.431. The minimum absolute atomic E-state index is 0.350. The Morgan fingerprint density at radius 2 is 2.00 bits per heavy atom. The molecule has 0 bridgehead atoms. The largest absolute Gasteiger partial charge is 0.307 e. The third-order valence-corrected chi connectivity index (χ3v) is 4.10. The summed E-state index contributed by atoms with van der Waals surface area (Å²) in [6.45, 7) is 2.19. The van der Waals surface area contributed by atoms with Crippen LogP contribution in [0.4, 0.5) is 0 Å². The van der Waals surface area contributed by atoms with Gasteiger partial charge in [-0.2, -0.15) is 0 Å². The summed E-state index contributed by atoms with van der Waals surface area (Å²) in [5, 5.41) is 5.19. The average Bonchev–Trinajstić information content (AvgIpc) is 2.79. The molecule has 0 saturated heterocycles. The molecule has 1 aliphatic carbocycles. The molecule has 1 nitrogen and oxygen atoms in total. The van der Waals surface area contributed by atoms with Gasteiger partial charge in [0.2, 0.25) is 0 Å². The monoisotopic (exact) mass is 271 g/mol. The van der Waals surface area contributed by atoms with Gasteiger partial charge in [-0.15, -0.1) is 0 Å². The van der Waals surface area contributed by atoms with E-state index in [-0.39, 0.29) is 0 Å². The van der Waals surface area contributed by atoms with Crippen molar-refractivity contribution in [3.05, 3.63) is 33.8 Å². The van der Waals surface area contributed by atoms with Crippen LogP contribution in [0.15, 0.2) is 18.2 Å². The van der Waals surface area contributed by atoms with E-state index in [0.717, 1.165) is 11.4 Å². The molecule has 1 N–H and O–H groups in total. The second kappa shape index (κ2) is 6.08. The lowest BCUT2D eigenvalue weighted by atomic mass is 10.0. The van der Waals surface area contributed by atoms with Crippen LogP contribution in [-0.4, -0.2) is 6.04 Å². The third kappa shape index (κ3) is 3.37. The van der Waals surface area contributed by atoms with Gasteiger partial charge in [0.25, 0.3) is 0 Å². The van der Waals surface area contributed by atoms with Crippen molar-refractivity contribution in [2.24, 2.45) is 0 Å². The Bertz CT molecular complexity index is 372. The van der Waals surface area contributed by atoms with Crippen molar-refractivity contribution < 1.29 is 0 Å². The van der Waals surface area contributed by atoms with E-state index in [4.69, 9.17) is 23.2 Å². The standard InChI is InChI=1S/C14H19Cl2N/c1-2-14(17-11-5-3-4-6-11)12-8-7-10(15)9-13(12)16/h7-9,11,14,17H,2-6H2,1H3. The van der Waals surface area contributed by atoms with Gasteiger partial charge in [0.05, 0.1) is 0 Å². The highest BCUT2D eigenvalue weighted by atomic mass is 35.5. The Kier molecular flexibility index (Phi) is 4.72. The van der Waals surface area contributed by atoms with Gasteiger partial charge in [-0.1, -0.05) is 49.0 Å².